The van der Waals surface area contributed by atoms with Crippen molar-refractivity contribution < 1.29 is 0 Å². The van der Waals surface area contributed by atoms with E-state index >= 15 is 0 Å². The fraction of sp³-hybridized carbons (Fsp3) is 0.444. The lowest BCUT2D eigenvalue weighted by molar-refractivity contribution is 0.748. The molecule has 0 saturated carbocycles. The first-order chi connectivity index (χ1) is 6.33. The highest BCUT2D eigenvalue weighted by Gasteiger charge is 1.91. The molecule has 4 heteroatoms. The van der Waals surface area contributed by atoms with Crippen molar-refractivity contribution in [3.05, 3.63) is 18.3 Å². The van der Waals surface area contributed by atoms with Crippen LogP contribution >= 0.6 is 0 Å². The van der Waals surface area contributed by atoms with Gasteiger partial charge in [-0.25, -0.2) is 4.98 Å². The van der Waals surface area contributed by atoms with E-state index in [0.717, 1.165) is 25.2 Å². The van der Waals surface area contributed by atoms with Crippen molar-refractivity contribution in [3.63, 3.8) is 0 Å². The Kier molecular flexibility index (Phi) is 4.05. The van der Waals surface area contributed by atoms with E-state index in [4.69, 9.17) is 5.73 Å². The van der Waals surface area contributed by atoms with Crippen molar-refractivity contribution in [2.45, 2.75) is 6.42 Å². The fourth-order valence-electron chi connectivity index (χ4n) is 1.01. The second-order valence-corrected chi connectivity index (χ2v) is 2.86. The number of pyridine rings is 1. The third-order valence-electron chi connectivity index (χ3n) is 1.72. The SMILES string of the molecule is CNCCCNc1ccc(N)nc1. The van der Waals surface area contributed by atoms with Gasteiger partial charge < -0.3 is 16.4 Å². The second-order valence-electron chi connectivity index (χ2n) is 2.86. The Hall–Kier alpha value is -1.29. The summed E-state index contributed by atoms with van der Waals surface area (Å²) >= 11 is 0. The molecule has 0 spiro atoms. The molecule has 1 aromatic heterocycles. The molecule has 72 valence electrons. The number of nitrogens with zero attached hydrogens (tertiary/aromatic N) is 1. The van der Waals surface area contributed by atoms with Crippen LogP contribution in [-0.4, -0.2) is 25.1 Å². The molecule has 1 aromatic rings. The minimum atomic E-state index is 0.556. The van der Waals surface area contributed by atoms with Crippen LogP contribution in [0.4, 0.5) is 11.5 Å². The highest BCUT2D eigenvalue weighted by Crippen LogP contribution is 2.06. The number of nitrogens with one attached hydrogen (secondary N) is 2. The number of anilines is 2. The van der Waals surface area contributed by atoms with Crippen molar-refractivity contribution in [3.8, 4) is 0 Å². The van der Waals surface area contributed by atoms with Crippen molar-refractivity contribution in [2.75, 3.05) is 31.2 Å². The maximum Gasteiger partial charge on any atom is 0.123 e. The smallest absolute Gasteiger partial charge is 0.123 e. The summed E-state index contributed by atoms with van der Waals surface area (Å²) in [5, 5.41) is 6.34. The van der Waals surface area contributed by atoms with Gasteiger partial charge in [0.05, 0.1) is 11.9 Å². The predicted octanol–water partition coefficient (Wildman–Crippen LogP) is 0.685. The van der Waals surface area contributed by atoms with Crippen LogP contribution in [0.15, 0.2) is 18.3 Å². The Morgan fingerprint density at radius 1 is 1.38 bits per heavy atom. The van der Waals surface area contributed by atoms with Crippen LogP contribution in [0.25, 0.3) is 0 Å². The fourth-order valence-corrected chi connectivity index (χ4v) is 1.01. The van der Waals surface area contributed by atoms with Crippen LogP contribution in [0.3, 0.4) is 0 Å². The minimum absolute atomic E-state index is 0.556. The van der Waals surface area contributed by atoms with Crippen LogP contribution in [-0.2, 0) is 0 Å². The molecule has 0 bridgehead atoms. The number of nitrogens with two attached hydrogens (primary N) is 1. The monoisotopic (exact) mass is 180 g/mol. The zero-order valence-corrected chi connectivity index (χ0v) is 7.88. The zero-order chi connectivity index (χ0) is 9.52. The van der Waals surface area contributed by atoms with Gasteiger partial charge in [0.2, 0.25) is 0 Å². The molecule has 0 amide bonds. The van der Waals surface area contributed by atoms with Gasteiger partial charge in [-0.2, -0.15) is 0 Å². The van der Waals surface area contributed by atoms with Crippen molar-refractivity contribution >= 4 is 11.5 Å². The molecule has 0 aromatic carbocycles. The molecule has 4 N–H and O–H groups in total. The molecular formula is C9H16N4. The summed E-state index contributed by atoms with van der Waals surface area (Å²) in [5.74, 6) is 0.556. The lowest BCUT2D eigenvalue weighted by Crippen LogP contribution is -2.12. The van der Waals surface area contributed by atoms with Gasteiger partial charge in [-0.05, 0) is 32.1 Å². The summed E-state index contributed by atoms with van der Waals surface area (Å²) in [4.78, 5) is 3.98. The molecular weight excluding hydrogens is 164 g/mol. The van der Waals surface area contributed by atoms with Gasteiger partial charge in [0.25, 0.3) is 0 Å². The molecule has 0 atom stereocenters. The van der Waals surface area contributed by atoms with E-state index < -0.39 is 0 Å². The first-order valence-corrected chi connectivity index (χ1v) is 4.43. The second kappa shape index (κ2) is 5.37. The third-order valence-corrected chi connectivity index (χ3v) is 1.72. The lowest BCUT2D eigenvalue weighted by atomic mass is 10.3. The number of aromatic nitrogens is 1. The predicted molar refractivity (Wildman–Crippen MR) is 55.7 cm³/mol. The van der Waals surface area contributed by atoms with Gasteiger partial charge in [0.1, 0.15) is 5.82 Å². The third kappa shape index (κ3) is 3.75. The molecule has 0 aliphatic rings. The van der Waals surface area contributed by atoms with Gasteiger partial charge in [0, 0.05) is 6.54 Å². The molecule has 4 nitrogen and oxygen atoms in total. The first kappa shape index (κ1) is 9.80. The lowest BCUT2D eigenvalue weighted by Gasteiger charge is -2.05. The number of nitrogen functional groups attached to an aromatic ring is 1. The minimum Gasteiger partial charge on any atom is -0.384 e. The first-order valence-electron chi connectivity index (χ1n) is 4.43. The Labute approximate surface area is 78.6 Å². The molecule has 1 rings (SSSR count). The average molecular weight is 180 g/mol. The summed E-state index contributed by atoms with van der Waals surface area (Å²) in [5.41, 5.74) is 6.47. The quantitative estimate of drug-likeness (QED) is 0.583. The van der Waals surface area contributed by atoms with E-state index in [1.165, 1.54) is 0 Å². The van der Waals surface area contributed by atoms with E-state index in [9.17, 15) is 0 Å². The van der Waals surface area contributed by atoms with Crippen LogP contribution in [0, 0.1) is 0 Å². The highest BCUT2D eigenvalue weighted by atomic mass is 14.9. The van der Waals surface area contributed by atoms with E-state index in [-0.39, 0.29) is 0 Å². The number of rotatable bonds is 5. The summed E-state index contributed by atoms with van der Waals surface area (Å²) in [6, 6.07) is 3.72. The maximum atomic E-state index is 5.45. The van der Waals surface area contributed by atoms with Crippen molar-refractivity contribution in [2.24, 2.45) is 0 Å². The topological polar surface area (TPSA) is 63.0 Å². The molecule has 0 radical (unpaired) electrons. The molecule has 13 heavy (non-hydrogen) atoms. The van der Waals surface area contributed by atoms with Crippen molar-refractivity contribution in [1.29, 1.82) is 0 Å². The highest BCUT2D eigenvalue weighted by molar-refractivity contribution is 5.45. The van der Waals surface area contributed by atoms with Crippen LogP contribution in [0.2, 0.25) is 0 Å². The largest absolute Gasteiger partial charge is 0.384 e. The van der Waals surface area contributed by atoms with E-state index in [1.807, 2.05) is 13.1 Å². The Bertz CT molecular complexity index is 232. The molecule has 0 unspecified atom stereocenters. The average Bonchev–Trinajstić information content (AvgIpc) is 2.15. The van der Waals surface area contributed by atoms with Gasteiger partial charge in [-0.15, -0.1) is 0 Å². The Morgan fingerprint density at radius 3 is 2.85 bits per heavy atom. The van der Waals surface area contributed by atoms with Crippen LogP contribution in [0.5, 0.6) is 0 Å². The van der Waals surface area contributed by atoms with E-state index in [0.29, 0.717) is 5.82 Å². The molecule has 0 saturated heterocycles. The maximum absolute atomic E-state index is 5.45. The molecule has 0 fully saturated rings. The summed E-state index contributed by atoms with van der Waals surface area (Å²) in [6.07, 6.45) is 2.84. The van der Waals surface area contributed by atoms with E-state index in [1.54, 1.807) is 12.3 Å². The Balaban J connectivity index is 2.25. The molecule has 0 aliphatic heterocycles. The Morgan fingerprint density at radius 2 is 2.23 bits per heavy atom. The van der Waals surface area contributed by atoms with Gasteiger partial charge >= 0.3 is 0 Å². The number of hydrogen-bond acceptors (Lipinski definition) is 4. The summed E-state index contributed by atoms with van der Waals surface area (Å²) in [7, 11) is 1.95. The van der Waals surface area contributed by atoms with Gasteiger partial charge in [-0.1, -0.05) is 0 Å². The molecule has 0 aliphatic carbocycles. The summed E-state index contributed by atoms with van der Waals surface area (Å²) < 4.78 is 0. The molecule has 1 heterocycles. The van der Waals surface area contributed by atoms with Crippen molar-refractivity contribution in [1.82, 2.24) is 10.3 Å². The standard InChI is InChI=1S/C9H16N4/c1-11-5-2-6-12-8-3-4-9(10)13-7-8/h3-4,7,11-12H,2,5-6H2,1H3,(H2,10,13). The summed E-state index contributed by atoms with van der Waals surface area (Å²) in [6.45, 7) is 1.97. The van der Waals surface area contributed by atoms with Crippen LogP contribution < -0.4 is 16.4 Å². The van der Waals surface area contributed by atoms with Gasteiger partial charge in [0.15, 0.2) is 0 Å². The number of hydrogen-bond donors (Lipinski definition) is 3. The van der Waals surface area contributed by atoms with Crippen LogP contribution in [0.1, 0.15) is 6.42 Å². The van der Waals surface area contributed by atoms with E-state index in [2.05, 4.69) is 15.6 Å². The zero-order valence-electron chi connectivity index (χ0n) is 7.88. The van der Waals surface area contributed by atoms with Gasteiger partial charge in [-0.3, -0.25) is 0 Å². The normalized spacial score (nSPS) is 9.92.